The first-order valence-corrected chi connectivity index (χ1v) is 7.05. The van der Waals surface area contributed by atoms with E-state index in [-0.39, 0.29) is 5.82 Å². The molecule has 22 heavy (non-hydrogen) atoms. The molecule has 0 aromatic heterocycles. The third-order valence-corrected chi connectivity index (χ3v) is 3.65. The Balaban J connectivity index is 2.08. The van der Waals surface area contributed by atoms with Crippen LogP contribution in [-0.2, 0) is 0 Å². The molecule has 0 fully saturated rings. The van der Waals surface area contributed by atoms with Gasteiger partial charge >= 0.3 is 0 Å². The summed E-state index contributed by atoms with van der Waals surface area (Å²) in [6.45, 7) is 1.73. The number of ether oxygens (including phenoxy) is 1. The SMILES string of the molecule is COc1ccc2ccccc2c1C=Nc1ccc(C)c(F)c1. The summed E-state index contributed by atoms with van der Waals surface area (Å²) in [6.07, 6.45) is 1.73. The van der Waals surface area contributed by atoms with Crippen molar-refractivity contribution in [3.05, 3.63) is 71.5 Å². The molecule has 0 aliphatic heterocycles. The van der Waals surface area contributed by atoms with Gasteiger partial charge in [-0.15, -0.1) is 0 Å². The summed E-state index contributed by atoms with van der Waals surface area (Å²) < 4.78 is 19.0. The number of aryl methyl sites for hydroxylation is 1. The van der Waals surface area contributed by atoms with E-state index in [1.54, 1.807) is 32.4 Å². The summed E-state index contributed by atoms with van der Waals surface area (Å²) in [5.41, 5.74) is 2.08. The zero-order valence-electron chi connectivity index (χ0n) is 12.5. The normalized spacial score (nSPS) is 11.2. The molecule has 0 aliphatic carbocycles. The van der Waals surface area contributed by atoms with Crippen LogP contribution in [0.4, 0.5) is 10.1 Å². The first-order chi connectivity index (χ1) is 10.7. The van der Waals surface area contributed by atoms with Gasteiger partial charge in [-0.1, -0.05) is 36.4 Å². The largest absolute Gasteiger partial charge is 0.496 e. The van der Waals surface area contributed by atoms with E-state index in [0.29, 0.717) is 11.3 Å². The van der Waals surface area contributed by atoms with Crippen molar-refractivity contribution in [1.29, 1.82) is 0 Å². The predicted octanol–water partition coefficient (Wildman–Crippen LogP) is 5.05. The third kappa shape index (κ3) is 2.70. The summed E-state index contributed by atoms with van der Waals surface area (Å²) in [5.74, 6) is 0.495. The fraction of sp³-hybridized carbons (Fsp3) is 0.105. The van der Waals surface area contributed by atoms with Crippen molar-refractivity contribution in [3.8, 4) is 5.75 Å². The molecule has 0 spiro atoms. The van der Waals surface area contributed by atoms with Crippen LogP contribution in [-0.4, -0.2) is 13.3 Å². The van der Waals surface area contributed by atoms with Crippen LogP contribution < -0.4 is 4.74 Å². The summed E-state index contributed by atoms with van der Waals surface area (Å²) in [4.78, 5) is 4.39. The summed E-state index contributed by atoms with van der Waals surface area (Å²) in [7, 11) is 1.63. The van der Waals surface area contributed by atoms with Gasteiger partial charge in [-0.05, 0) is 41.5 Å². The van der Waals surface area contributed by atoms with Gasteiger partial charge < -0.3 is 4.74 Å². The zero-order valence-corrected chi connectivity index (χ0v) is 12.5. The molecule has 3 rings (SSSR count). The van der Waals surface area contributed by atoms with E-state index >= 15 is 0 Å². The highest BCUT2D eigenvalue weighted by Gasteiger charge is 2.06. The summed E-state index contributed by atoms with van der Waals surface area (Å²) >= 11 is 0. The maximum atomic E-state index is 13.6. The molecule has 0 unspecified atom stereocenters. The van der Waals surface area contributed by atoms with Crippen molar-refractivity contribution in [2.45, 2.75) is 6.92 Å². The molecule has 110 valence electrons. The van der Waals surface area contributed by atoms with E-state index in [1.807, 2.05) is 36.4 Å². The van der Waals surface area contributed by atoms with E-state index in [2.05, 4.69) is 4.99 Å². The van der Waals surface area contributed by atoms with Crippen LogP contribution in [0.5, 0.6) is 5.75 Å². The zero-order chi connectivity index (χ0) is 15.5. The van der Waals surface area contributed by atoms with Gasteiger partial charge in [-0.25, -0.2) is 4.39 Å². The maximum absolute atomic E-state index is 13.6. The Kier molecular flexibility index (Phi) is 3.88. The van der Waals surface area contributed by atoms with Gasteiger partial charge in [0.15, 0.2) is 0 Å². The Morgan fingerprint density at radius 1 is 1.05 bits per heavy atom. The highest BCUT2D eigenvalue weighted by atomic mass is 19.1. The molecule has 2 nitrogen and oxygen atoms in total. The molecule has 3 aromatic carbocycles. The van der Waals surface area contributed by atoms with Crippen molar-refractivity contribution < 1.29 is 9.13 Å². The van der Waals surface area contributed by atoms with Crippen LogP contribution in [0.3, 0.4) is 0 Å². The summed E-state index contributed by atoms with van der Waals surface area (Å²) in [5, 5.41) is 2.16. The number of hydrogen-bond donors (Lipinski definition) is 0. The second kappa shape index (κ2) is 5.98. The number of fused-ring (bicyclic) bond motifs is 1. The van der Waals surface area contributed by atoms with E-state index < -0.39 is 0 Å². The highest BCUT2D eigenvalue weighted by molar-refractivity contribution is 6.03. The van der Waals surface area contributed by atoms with Gasteiger partial charge in [0.2, 0.25) is 0 Å². The molecule has 0 saturated heterocycles. The van der Waals surface area contributed by atoms with Gasteiger partial charge in [0.1, 0.15) is 11.6 Å². The predicted molar refractivity (Wildman–Crippen MR) is 88.9 cm³/mol. The second-order valence-electron chi connectivity index (χ2n) is 5.09. The van der Waals surface area contributed by atoms with Crippen LogP contribution in [0.15, 0.2) is 59.6 Å². The van der Waals surface area contributed by atoms with Crippen molar-refractivity contribution in [2.24, 2.45) is 4.99 Å². The van der Waals surface area contributed by atoms with Crippen molar-refractivity contribution >= 4 is 22.7 Å². The van der Waals surface area contributed by atoms with E-state index in [1.165, 1.54) is 6.07 Å². The minimum atomic E-state index is -0.250. The smallest absolute Gasteiger partial charge is 0.128 e. The Morgan fingerprint density at radius 2 is 1.86 bits per heavy atom. The van der Waals surface area contributed by atoms with Crippen molar-refractivity contribution in [3.63, 3.8) is 0 Å². The van der Waals surface area contributed by atoms with Crippen LogP contribution in [0.25, 0.3) is 10.8 Å². The molecular formula is C19H16FNO. The lowest BCUT2D eigenvalue weighted by atomic mass is 10.0. The van der Waals surface area contributed by atoms with Gasteiger partial charge in [-0.3, -0.25) is 4.99 Å². The van der Waals surface area contributed by atoms with Gasteiger partial charge in [0, 0.05) is 11.8 Å². The van der Waals surface area contributed by atoms with Crippen LogP contribution >= 0.6 is 0 Å². The standard InChI is InChI=1S/C19H16FNO/c1-13-7-9-15(11-18(13)20)21-12-17-16-6-4-3-5-14(16)8-10-19(17)22-2/h3-12H,1-2H3. The molecule has 0 heterocycles. The van der Waals surface area contributed by atoms with E-state index in [9.17, 15) is 4.39 Å². The van der Waals surface area contributed by atoms with Crippen molar-refractivity contribution in [1.82, 2.24) is 0 Å². The maximum Gasteiger partial charge on any atom is 0.128 e. The number of nitrogens with zero attached hydrogens (tertiary/aromatic N) is 1. The molecule has 0 saturated carbocycles. The lowest BCUT2D eigenvalue weighted by Crippen LogP contribution is -1.92. The lowest BCUT2D eigenvalue weighted by Gasteiger charge is -2.08. The Hall–Kier alpha value is -2.68. The number of halogens is 1. The number of methoxy groups -OCH3 is 1. The number of rotatable bonds is 3. The van der Waals surface area contributed by atoms with E-state index in [4.69, 9.17) is 4.74 Å². The first-order valence-electron chi connectivity index (χ1n) is 7.05. The fourth-order valence-corrected chi connectivity index (χ4v) is 2.39. The molecule has 3 heteroatoms. The number of benzene rings is 3. The average molecular weight is 293 g/mol. The monoisotopic (exact) mass is 293 g/mol. The quantitative estimate of drug-likeness (QED) is 0.619. The molecule has 3 aromatic rings. The van der Waals surface area contributed by atoms with Gasteiger partial charge in [-0.2, -0.15) is 0 Å². The van der Waals surface area contributed by atoms with Crippen LogP contribution in [0.1, 0.15) is 11.1 Å². The molecular weight excluding hydrogens is 277 g/mol. The molecule has 0 aliphatic rings. The fourth-order valence-electron chi connectivity index (χ4n) is 2.39. The number of hydrogen-bond acceptors (Lipinski definition) is 2. The number of aliphatic imine (C=N–C) groups is 1. The van der Waals surface area contributed by atoms with Gasteiger partial charge in [0.25, 0.3) is 0 Å². The molecule has 0 amide bonds. The average Bonchev–Trinajstić information content (AvgIpc) is 2.55. The van der Waals surface area contributed by atoms with Crippen molar-refractivity contribution in [2.75, 3.05) is 7.11 Å². The van der Waals surface area contributed by atoms with Crippen LogP contribution in [0, 0.1) is 12.7 Å². The van der Waals surface area contributed by atoms with Gasteiger partial charge in [0.05, 0.1) is 12.8 Å². The Bertz CT molecular complexity index is 855. The minimum Gasteiger partial charge on any atom is -0.496 e. The summed E-state index contributed by atoms with van der Waals surface area (Å²) in [6, 6.07) is 16.9. The lowest BCUT2D eigenvalue weighted by molar-refractivity contribution is 0.415. The molecule has 0 N–H and O–H groups in total. The topological polar surface area (TPSA) is 21.6 Å². The minimum absolute atomic E-state index is 0.250. The van der Waals surface area contributed by atoms with E-state index in [0.717, 1.165) is 22.1 Å². The molecule has 0 radical (unpaired) electrons. The Morgan fingerprint density at radius 3 is 2.64 bits per heavy atom. The second-order valence-corrected chi connectivity index (χ2v) is 5.09. The third-order valence-electron chi connectivity index (χ3n) is 3.65. The first kappa shape index (κ1) is 14.3. The van der Waals surface area contributed by atoms with Crippen LogP contribution in [0.2, 0.25) is 0 Å². The molecule has 0 atom stereocenters. The highest BCUT2D eigenvalue weighted by Crippen LogP contribution is 2.27. The Labute approximate surface area is 128 Å². The molecule has 0 bridgehead atoms.